The molecule has 0 aromatic carbocycles. The number of hydrogen-bond acceptors (Lipinski definition) is 3. The summed E-state index contributed by atoms with van der Waals surface area (Å²) in [7, 11) is 1.74. The molecule has 0 radical (unpaired) electrons. The highest BCUT2D eigenvalue weighted by Gasteiger charge is 2.27. The molecule has 1 fully saturated rings. The third kappa shape index (κ3) is 2.13. The van der Waals surface area contributed by atoms with Crippen molar-refractivity contribution in [2.24, 2.45) is 0 Å². The Labute approximate surface area is 103 Å². The maximum Gasteiger partial charge on any atom is 0.176 e. The van der Waals surface area contributed by atoms with E-state index in [0.29, 0.717) is 5.69 Å². The fraction of sp³-hybridized carbons (Fsp3) is 0.636. The lowest BCUT2D eigenvalue weighted by molar-refractivity contribution is 0.0245. The SMILES string of the molecule is CO[C@H]1CCCCC1n1cc(Br)c(C#N)n1. The van der Waals surface area contributed by atoms with Crippen LogP contribution >= 0.6 is 15.9 Å². The molecule has 1 aliphatic rings. The molecule has 0 spiro atoms. The standard InChI is InChI=1S/C11H14BrN3O/c1-16-11-5-3-2-4-10(11)15-7-8(12)9(6-13)14-15/h7,10-11H,2-5H2,1H3/t10?,11-/m0/s1. The number of nitriles is 1. The van der Waals surface area contributed by atoms with Gasteiger partial charge in [0.15, 0.2) is 5.69 Å². The van der Waals surface area contributed by atoms with Gasteiger partial charge in [-0.3, -0.25) is 4.68 Å². The topological polar surface area (TPSA) is 50.8 Å². The molecule has 86 valence electrons. The number of hydrogen-bond donors (Lipinski definition) is 0. The quantitative estimate of drug-likeness (QED) is 0.839. The summed E-state index contributed by atoms with van der Waals surface area (Å²) in [5.74, 6) is 0. The predicted octanol–water partition coefficient (Wildman–Crippen LogP) is 2.65. The Balaban J connectivity index is 2.24. The van der Waals surface area contributed by atoms with E-state index in [2.05, 4.69) is 27.1 Å². The van der Waals surface area contributed by atoms with Gasteiger partial charge in [-0.05, 0) is 28.8 Å². The van der Waals surface area contributed by atoms with Gasteiger partial charge in [-0.2, -0.15) is 10.4 Å². The molecule has 0 saturated heterocycles. The van der Waals surface area contributed by atoms with Gasteiger partial charge < -0.3 is 4.74 Å². The van der Waals surface area contributed by atoms with Crippen molar-refractivity contribution < 1.29 is 4.74 Å². The van der Waals surface area contributed by atoms with Gasteiger partial charge in [0.25, 0.3) is 0 Å². The third-order valence-electron chi connectivity index (χ3n) is 3.10. The van der Waals surface area contributed by atoms with E-state index in [-0.39, 0.29) is 12.1 Å². The van der Waals surface area contributed by atoms with E-state index in [9.17, 15) is 0 Å². The lowest BCUT2D eigenvalue weighted by Crippen LogP contribution is -2.29. The van der Waals surface area contributed by atoms with Crippen LogP contribution < -0.4 is 0 Å². The van der Waals surface area contributed by atoms with E-state index >= 15 is 0 Å². The lowest BCUT2D eigenvalue weighted by atomic mass is 9.92. The van der Waals surface area contributed by atoms with E-state index in [0.717, 1.165) is 17.3 Å². The van der Waals surface area contributed by atoms with E-state index in [1.54, 1.807) is 7.11 Å². The smallest absolute Gasteiger partial charge is 0.176 e. The second kappa shape index (κ2) is 4.98. The fourth-order valence-corrected chi connectivity index (χ4v) is 2.65. The highest BCUT2D eigenvalue weighted by Crippen LogP contribution is 2.31. The number of rotatable bonds is 2. The van der Waals surface area contributed by atoms with Crippen LogP contribution in [0.2, 0.25) is 0 Å². The van der Waals surface area contributed by atoms with Crippen molar-refractivity contribution in [1.82, 2.24) is 9.78 Å². The van der Waals surface area contributed by atoms with Crippen molar-refractivity contribution in [3.05, 3.63) is 16.4 Å². The summed E-state index contributed by atoms with van der Waals surface area (Å²) in [6.07, 6.45) is 6.64. The fourth-order valence-electron chi connectivity index (χ4n) is 2.27. The summed E-state index contributed by atoms with van der Waals surface area (Å²) >= 11 is 3.34. The number of methoxy groups -OCH3 is 1. The Morgan fingerprint density at radius 1 is 1.56 bits per heavy atom. The van der Waals surface area contributed by atoms with E-state index in [1.165, 1.54) is 12.8 Å². The average molecular weight is 284 g/mol. The van der Waals surface area contributed by atoms with Crippen molar-refractivity contribution in [3.8, 4) is 6.07 Å². The van der Waals surface area contributed by atoms with Crippen LogP contribution in [0.1, 0.15) is 37.4 Å². The molecule has 0 bridgehead atoms. The summed E-state index contributed by atoms with van der Waals surface area (Å²) in [6, 6.07) is 2.33. The summed E-state index contributed by atoms with van der Waals surface area (Å²) < 4.78 is 8.11. The second-order valence-electron chi connectivity index (χ2n) is 4.04. The number of ether oxygens (including phenoxy) is 1. The molecule has 2 rings (SSSR count). The Morgan fingerprint density at radius 3 is 2.94 bits per heavy atom. The van der Waals surface area contributed by atoms with Crippen LogP contribution in [0.4, 0.5) is 0 Å². The van der Waals surface area contributed by atoms with Crippen LogP contribution in [0, 0.1) is 11.3 Å². The minimum absolute atomic E-state index is 0.215. The molecule has 2 atom stereocenters. The van der Waals surface area contributed by atoms with Crippen molar-refractivity contribution in [2.75, 3.05) is 7.11 Å². The molecular weight excluding hydrogens is 270 g/mol. The summed E-state index contributed by atoms with van der Waals surface area (Å²) in [5.41, 5.74) is 0.445. The maximum atomic E-state index is 8.87. The number of aromatic nitrogens is 2. The second-order valence-corrected chi connectivity index (χ2v) is 4.90. The summed E-state index contributed by atoms with van der Waals surface area (Å²) in [5, 5.41) is 13.1. The Hall–Kier alpha value is -0.860. The van der Waals surface area contributed by atoms with E-state index in [1.807, 2.05) is 10.9 Å². The molecule has 1 heterocycles. The first-order chi connectivity index (χ1) is 7.76. The van der Waals surface area contributed by atoms with Gasteiger partial charge in [0.1, 0.15) is 6.07 Å². The van der Waals surface area contributed by atoms with Crippen LogP contribution in [0.5, 0.6) is 0 Å². The molecule has 1 unspecified atom stereocenters. The van der Waals surface area contributed by atoms with Crippen LogP contribution in [0.3, 0.4) is 0 Å². The molecule has 1 aliphatic carbocycles. The van der Waals surface area contributed by atoms with Gasteiger partial charge in [0.2, 0.25) is 0 Å². The monoisotopic (exact) mass is 283 g/mol. The van der Waals surface area contributed by atoms with E-state index < -0.39 is 0 Å². The first kappa shape index (κ1) is 11.6. The van der Waals surface area contributed by atoms with Crippen molar-refractivity contribution in [1.29, 1.82) is 5.26 Å². The third-order valence-corrected chi connectivity index (χ3v) is 3.68. The van der Waals surface area contributed by atoms with Crippen LogP contribution in [-0.4, -0.2) is 23.0 Å². The van der Waals surface area contributed by atoms with Crippen molar-refractivity contribution in [3.63, 3.8) is 0 Å². The van der Waals surface area contributed by atoms with Gasteiger partial charge in [-0.15, -0.1) is 0 Å². The zero-order valence-electron chi connectivity index (χ0n) is 9.19. The molecule has 0 N–H and O–H groups in total. The number of nitrogens with zero attached hydrogens (tertiary/aromatic N) is 3. The highest BCUT2D eigenvalue weighted by molar-refractivity contribution is 9.10. The summed E-state index contributed by atoms with van der Waals surface area (Å²) in [6.45, 7) is 0. The van der Waals surface area contributed by atoms with Gasteiger partial charge in [-0.1, -0.05) is 12.8 Å². The molecule has 0 amide bonds. The first-order valence-corrected chi connectivity index (χ1v) is 6.23. The zero-order chi connectivity index (χ0) is 11.5. The highest BCUT2D eigenvalue weighted by atomic mass is 79.9. The summed E-state index contributed by atoms with van der Waals surface area (Å²) in [4.78, 5) is 0. The molecule has 1 aromatic rings. The molecule has 5 heteroatoms. The lowest BCUT2D eigenvalue weighted by Gasteiger charge is -2.30. The molecule has 4 nitrogen and oxygen atoms in total. The minimum Gasteiger partial charge on any atom is -0.379 e. The predicted molar refractivity (Wildman–Crippen MR) is 62.9 cm³/mol. The average Bonchev–Trinajstić information content (AvgIpc) is 2.70. The molecule has 1 aromatic heterocycles. The minimum atomic E-state index is 0.215. The molecular formula is C11H14BrN3O. The Morgan fingerprint density at radius 2 is 2.31 bits per heavy atom. The normalized spacial score (nSPS) is 25.3. The van der Waals surface area contributed by atoms with Gasteiger partial charge >= 0.3 is 0 Å². The molecule has 1 saturated carbocycles. The Bertz CT molecular complexity index is 410. The van der Waals surface area contributed by atoms with Crippen LogP contribution in [-0.2, 0) is 4.74 Å². The van der Waals surface area contributed by atoms with Crippen LogP contribution in [0.25, 0.3) is 0 Å². The van der Waals surface area contributed by atoms with Crippen LogP contribution in [0.15, 0.2) is 10.7 Å². The first-order valence-electron chi connectivity index (χ1n) is 5.44. The van der Waals surface area contributed by atoms with Gasteiger partial charge in [0, 0.05) is 13.3 Å². The van der Waals surface area contributed by atoms with E-state index in [4.69, 9.17) is 10.00 Å². The zero-order valence-corrected chi connectivity index (χ0v) is 10.8. The van der Waals surface area contributed by atoms with Gasteiger partial charge in [0.05, 0.1) is 16.6 Å². The van der Waals surface area contributed by atoms with Crippen molar-refractivity contribution >= 4 is 15.9 Å². The molecule has 0 aliphatic heterocycles. The maximum absolute atomic E-state index is 8.87. The Kier molecular flexibility index (Phi) is 3.62. The number of halogens is 1. The van der Waals surface area contributed by atoms with Crippen molar-refractivity contribution in [2.45, 2.75) is 37.8 Å². The molecule has 16 heavy (non-hydrogen) atoms. The van der Waals surface area contributed by atoms with Gasteiger partial charge in [-0.25, -0.2) is 0 Å². The largest absolute Gasteiger partial charge is 0.379 e.